The van der Waals surface area contributed by atoms with Crippen molar-refractivity contribution in [3.63, 3.8) is 0 Å². The average molecular weight is 950 g/mol. The van der Waals surface area contributed by atoms with Crippen LogP contribution in [0.1, 0.15) is 64.2 Å². The van der Waals surface area contributed by atoms with Crippen LogP contribution in [0.25, 0.3) is 0 Å². The zero-order valence-electron chi connectivity index (χ0n) is 29.9. The molecule has 0 amide bonds. The van der Waals surface area contributed by atoms with Crippen LogP contribution in [0.5, 0.6) is 0 Å². The fourth-order valence-corrected chi connectivity index (χ4v) is 4.94. The van der Waals surface area contributed by atoms with Gasteiger partial charge >= 0.3 is 45.3 Å². The molecule has 0 radical (unpaired) electrons. The molecule has 0 aromatic heterocycles. The van der Waals surface area contributed by atoms with Crippen molar-refractivity contribution >= 4 is 45.3 Å². The second-order valence-electron chi connectivity index (χ2n) is 9.29. The number of carbonyl (C=O) groups is 3. The van der Waals surface area contributed by atoms with E-state index in [-0.39, 0.29) is 79.5 Å². The van der Waals surface area contributed by atoms with Gasteiger partial charge in [-0.2, -0.15) is 0 Å². The van der Waals surface area contributed by atoms with Crippen molar-refractivity contribution < 1.29 is 106 Å². The van der Waals surface area contributed by atoms with E-state index in [9.17, 15) is 19.5 Å². The van der Waals surface area contributed by atoms with Crippen molar-refractivity contribution in [1.29, 1.82) is 0 Å². The van der Waals surface area contributed by atoms with Gasteiger partial charge in [-0.25, -0.2) is 0 Å². The predicted octanol–water partition coefficient (Wildman–Crippen LogP) is 1.17. The molecule has 0 aliphatic rings. The minimum absolute atomic E-state index is 0. The number of carboxylic acids is 1. The monoisotopic (exact) mass is 949 g/mol. The van der Waals surface area contributed by atoms with Gasteiger partial charge in [-0.15, -0.1) is 0 Å². The Morgan fingerprint density at radius 1 is 0.640 bits per heavy atom. The number of rotatable bonds is 28. The zero-order chi connectivity index (χ0) is 37.3. The zero-order valence-corrected chi connectivity index (χ0v) is 35.8. The van der Waals surface area contributed by atoms with E-state index in [2.05, 4.69) is 0 Å². The van der Waals surface area contributed by atoms with Gasteiger partial charge in [0, 0.05) is 81.6 Å². The fourth-order valence-electron chi connectivity index (χ4n) is 3.25. The largest absolute Gasteiger partial charge is 0.549 e. The first-order valence-corrected chi connectivity index (χ1v) is 18.7. The molecular weight excluding hydrogens is 892 g/mol. The second-order valence-corrected chi connectivity index (χ2v) is 12.7. The molecule has 22 heteroatoms. The van der Waals surface area contributed by atoms with E-state index in [4.69, 9.17) is 65.0 Å². The Labute approximate surface area is 315 Å². The van der Waals surface area contributed by atoms with Crippen molar-refractivity contribution in [3.8, 4) is 0 Å². The molecule has 0 saturated heterocycles. The fraction of sp³-hybridized carbons (Fsp3) is 0.857. The van der Waals surface area contributed by atoms with Gasteiger partial charge in [0.05, 0.1) is 39.5 Å². The first-order valence-electron chi connectivity index (χ1n) is 15.1. The van der Waals surface area contributed by atoms with Gasteiger partial charge in [0.2, 0.25) is 0 Å². The molecule has 0 aromatic rings. The van der Waals surface area contributed by atoms with E-state index in [1.54, 1.807) is 28.4 Å². The summed E-state index contributed by atoms with van der Waals surface area (Å²) in [6.45, 7) is 2.08. The van der Waals surface area contributed by atoms with E-state index in [1.165, 1.54) is 0 Å². The molecule has 0 spiro atoms. The topological polar surface area (TPSA) is 254 Å². The van der Waals surface area contributed by atoms with E-state index in [0.717, 1.165) is 12.8 Å². The third-order valence-electron chi connectivity index (χ3n) is 5.67. The molecule has 3 N–H and O–H groups in total. The normalized spacial score (nSPS) is 10.3. The number of methoxy groups -OCH3 is 1. The summed E-state index contributed by atoms with van der Waals surface area (Å²) in [4.78, 5) is 33.2. The number of ether oxygens (including phenoxy) is 5. The van der Waals surface area contributed by atoms with Gasteiger partial charge in [-0.3, -0.25) is 32.2 Å². The maximum Gasteiger partial charge on any atom is 0.549 e. The van der Waals surface area contributed by atoms with Crippen molar-refractivity contribution in [2.75, 3.05) is 81.3 Å². The van der Waals surface area contributed by atoms with Crippen LogP contribution in [-0.2, 0) is 90.3 Å². The third kappa shape index (κ3) is 51.0. The van der Waals surface area contributed by atoms with Gasteiger partial charge in [0.25, 0.3) is 0 Å². The number of hydrogen-bond acceptors (Lipinski definition) is 17. The van der Waals surface area contributed by atoms with E-state index in [1.807, 2.05) is 0 Å². The summed E-state index contributed by atoms with van der Waals surface area (Å²) in [5, 5.41) is 26.3. The van der Waals surface area contributed by atoms with Crippen LogP contribution < -0.4 is 0 Å². The van der Waals surface area contributed by atoms with Crippen LogP contribution in [-0.4, -0.2) is 148 Å². The number of unbranched alkanes of at least 4 members (excludes halogenated alkanes) is 4. The number of aliphatic hydroxyl groups is 2. The summed E-state index contributed by atoms with van der Waals surface area (Å²) < 4.78 is 75.2. The van der Waals surface area contributed by atoms with Crippen molar-refractivity contribution in [2.24, 2.45) is 0 Å². The number of aliphatic hydroxyl groups excluding tert-OH is 2. The number of esters is 2. The molecule has 0 aliphatic carbocycles. The maximum absolute atomic E-state index is 11.7. The minimum Gasteiger partial charge on any atom is -0.481 e. The molecule has 1 atom stereocenters. The van der Waals surface area contributed by atoms with Crippen LogP contribution in [0.4, 0.5) is 0 Å². The first kappa shape index (κ1) is 60.7. The summed E-state index contributed by atoms with van der Waals surface area (Å²) in [5.74, 6) is -1.44. The summed E-state index contributed by atoms with van der Waals surface area (Å²) in [5.41, 5.74) is 0. The van der Waals surface area contributed by atoms with Crippen LogP contribution >= 0.6 is 0 Å². The molecule has 1 unspecified atom stereocenters. The molecule has 0 aromatic carbocycles. The summed E-state index contributed by atoms with van der Waals surface area (Å²) in [7, 11) is 0.800. The molecule has 296 valence electrons. The molecule has 18 nitrogen and oxygen atoms in total. The molecule has 0 heterocycles. The molecule has 0 fully saturated rings. The van der Waals surface area contributed by atoms with Crippen molar-refractivity contribution in [1.82, 2.24) is 0 Å². The average Bonchev–Trinajstić information content (AvgIpc) is 3.06. The van der Waals surface area contributed by atoms with Crippen LogP contribution in [0.2, 0.25) is 6.04 Å². The molecule has 0 bridgehead atoms. The van der Waals surface area contributed by atoms with Gasteiger partial charge in [0.1, 0.15) is 12.7 Å². The van der Waals surface area contributed by atoms with Crippen molar-refractivity contribution in [3.05, 3.63) is 7.43 Å². The summed E-state index contributed by atoms with van der Waals surface area (Å²) >= 11 is 0. The van der Waals surface area contributed by atoms with E-state index in [0.29, 0.717) is 71.2 Å². The summed E-state index contributed by atoms with van der Waals surface area (Å²) in [6, 6.07) is 0.601. The van der Waals surface area contributed by atoms with E-state index < -0.39 is 39.5 Å². The second kappa shape index (κ2) is 49.7. The Bertz CT molecular complexity index is 807. The van der Waals surface area contributed by atoms with E-state index >= 15 is 0 Å². The number of carboxylic acid groups (broad SMARTS) is 1. The predicted molar refractivity (Wildman–Crippen MR) is 175 cm³/mol. The Hall–Kier alpha value is -1.37. The third-order valence-corrected chi connectivity index (χ3v) is 8.50. The van der Waals surface area contributed by atoms with Crippen LogP contribution in [0.15, 0.2) is 0 Å². The number of aliphatic carboxylic acids is 1. The van der Waals surface area contributed by atoms with Crippen LogP contribution in [0, 0.1) is 7.43 Å². The Morgan fingerprint density at radius 2 is 1.18 bits per heavy atom. The summed E-state index contributed by atoms with van der Waals surface area (Å²) in [6.07, 6.45) is 4.66. The molecular formula is C28H57O18Si3W-. The first-order chi connectivity index (χ1) is 23.0. The van der Waals surface area contributed by atoms with Crippen molar-refractivity contribution in [2.45, 2.75) is 76.4 Å². The van der Waals surface area contributed by atoms with Gasteiger partial charge in [-0.05, 0) is 38.5 Å². The SMILES string of the molecule is COCCOCCC(=O)OCCCCCC(=O)OCC(O)COCCC[Si](OC)(OC)OC.O=C(O)CCCCCO.O=[Si]=O.O=[Si]=O.[CH3-].[W]. The maximum atomic E-state index is 11.7. The van der Waals surface area contributed by atoms with Crippen LogP contribution in [0.3, 0.4) is 0 Å². The number of hydrogen-bond donors (Lipinski definition) is 3. The van der Waals surface area contributed by atoms with Gasteiger partial charge in [-0.1, -0.05) is 6.42 Å². The number of carbonyl (C=O) groups excluding carboxylic acids is 2. The molecule has 50 heavy (non-hydrogen) atoms. The standard InChI is InChI=1S/C21H42O11Si.C6H12O3.CH3.2O2Si.W/c1-25-14-15-29-13-10-21(24)31-12-7-5-6-9-20(23)32-18-19(22)17-30-11-8-16-33(26-2,27-3)28-4;7-5-3-1-2-4-6(8)9;;2*1-3-2;/h19,22H,5-18H2,1-4H3;7H,1-5H2,(H,8,9);1H3;;;/q;;-1;;;. The Balaban J connectivity index is -0.000000238. The molecule has 0 rings (SSSR count). The molecule has 0 aliphatic heterocycles. The molecule has 0 saturated carbocycles. The smallest absolute Gasteiger partial charge is 0.481 e. The van der Waals surface area contributed by atoms with Gasteiger partial charge < -0.3 is 59.7 Å². The minimum atomic E-state index is -2.61. The Morgan fingerprint density at radius 3 is 1.70 bits per heavy atom. The Kier molecular flexibility index (Phi) is 60.4. The quantitative estimate of drug-likeness (QED) is 0.0431. The van der Waals surface area contributed by atoms with Gasteiger partial charge in [0.15, 0.2) is 0 Å².